The smallest absolute Gasteiger partial charge is 0.324 e. The van der Waals surface area contributed by atoms with Crippen molar-refractivity contribution in [3.05, 3.63) is 29.3 Å². The number of hydrogen-bond acceptors (Lipinski definition) is 6. The van der Waals surface area contributed by atoms with Crippen molar-refractivity contribution in [3.63, 3.8) is 0 Å². The monoisotopic (exact) mass is 408 g/mol. The second-order valence-corrected chi connectivity index (χ2v) is 8.44. The average molecular weight is 409 g/mol. The van der Waals surface area contributed by atoms with Crippen LogP contribution < -0.4 is 4.72 Å². The van der Waals surface area contributed by atoms with Gasteiger partial charge < -0.3 is 9.64 Å². The van der Waals surface area contributed by atoms with Gasteiger partial charge in [-0.05, 0) is 42.7 Å². The summed E-state index contributed by atoms with van der Waals surface area (Å²) in [5, 5.41) is 0.402. The molecule has 1 amide bonds. The summed E-state index contributed by atoms with van der Waals surface area (Å²) < 4.78 is 32.1. The fraction of sp³-hybridized carbons (Fsp3) is 0.467. The normalized spacial score (nSPS) is 12.5. The predicted octanol–water partition coefficient (Wildman–Crippen LogP) is 1.37. The Kier molecular flexibility index (Phi) is 8.70. The molecule has 0 aliphatic heterocycles. The molecule has 25 heavy (non-hydrogen) atoms. The molecule has 1 aromatic carbocycles. The molecule has 1 aromatic rings. The minimum absolute atomic E-state index is 0.0109. The summed E-state index contributed by atoms with van der Waals surface area (Å²) in [4.78, 5) is 25.0. The van der Waals surface area contributed by atoms with E-state index in [1.54, 1.807) is 0 Å². The van der Waals surface area contributed by atoms with Crippen molar-refractivity contribution in [1.29, 1.82) is 0 Å². The van der Waals surface area contributed by atoms with Gasteiger partial charge in [-0.3, -0.25) is 9.59 Å². The summed E-state index contributed by atoms with van der Waals surface area (Å²) in [6, 6.07) is 4.50. The Morgan fingerprint density at radius 3 is 2.40 bits per heavy atom. The largest absolute Gasteiger partial charge is 0.454 e. The summed E-state index contributed by atoms with van der Waals surface area (Å²) in [7, 11) is -0.856. The van der Waals surface area contributed by atoms with Crippen LogP contribution in [0.2, 0.25) is 5.02 Å². The Balaban J connectivity index is 2.85. The lowest BCUT2D eigenvalue weighted by molar-refractivity contribution is -0.152. The van der Waals surface area contributed by atoms with Crippen LogP contribution in [0.5, 0.6) is 0 Å². The number of halogens is 1. The number of carbonyl (C=O) groups excluding carboxylic acids is 2. The average Bonchev–Trinajstić information content (AvgIpc) is 2.56. The highest BCUT2D eigenvalue weighted by Gasteiger charge is 2.27. The van der Waals surface area contributed by atoms with E-state index in [9.17, 15) is 18.0 Å². The van der Waals surface area contributed by atoms with Crippen LogP contribution in [0.4, 0.5) is 0 Å². The highest BCUT2D eigenvalue weighted by molar-refractivity contribution is 7.98. The summed E-state index contributed by atoms with van der Waals surface area (Å²) >= 11 is 7.22. The number of nitrogens with one attached hydrogen (secondary N) is 1. The topological polar surface area (TPSA) is 92.8 Å². The second-order valence-electron chi connectivity index (χ2n) is 5.31. The maximum Gasteiger partial charge on any atom is 0.324 e. The number of thioether (sulfide) groups is 1. The molecule has 0 spiro atoms. The third-order valence-electron chi connectivity index (χ3n) is 3.15. The first kappa shape index (κ1) is 21.8. The molecule has 0 radical (unpaired) electrons. The number of ether oxygens (including phenoxy) is 1. The lowest BCUT2D eigenvalue weighted by atomic mass is 10.2. The Morgan fingerprint density at radius 2 is 1.88 bits per heavy atom. The van der Waals surface area contributed by atoms with Crippen LogP contribution in [0.1, 0.15) is 6.42 Å². The van der Waals surface area contributed by atoms with Gasteiger partial charge in [-0.2, -0.15) is 16.5 Å². The van der Waals surface area contributed by atoms with E-state index in [2.05, 4.69) is 4.72 Å². The van der Waals surface area contributed by atoms with Crippen LogP contribution >= 0.6 is 23.4 Å². The molecule has 10 heteroatoms. The van der Waals surface area contributed by atoms with Gasteiger partial charge >= 0.3 is 5.97 Å². The molecule has 0 heterocycles. The minimum atomic E-state index is -3.92. The van der Waals surface area contributed by atoms with E-state index in [4.69, 9.17) is 16.3 Å². The third-order valence-corrected chi connectivity index (χ3v) is 5.54. The molecule has 1 N–H and O–H groups in total. The molecule has 1 atom stereocenters. The zero-order chi connectivity index (χ0) is 19.0. The molecule has 1 rings (SSSR count). The van der Waals surface area contributed by atoms with E-state index in [0.717, 1.165) is 0 Å². The lowest BCUT2D eigenvalue weighted by Crippen LogP contribution is -2.43. The molecule has 0 fully saturated rings. The molecule has 0 unspecified atom stereocenters. The number of hydrogen-bond donors (Lipinski definition) is 1. The van der Waals surface area contributed by atoms with Crippen molar-refractivity contribution in [2.75, 3.05) is 32.7 Å². The third kappa shape index (κ3) is 7.23. The number of carbonyl (C=O) groups is 2. The summed E-state index contributed by atoms with van der Waals surface area (Å²) in [6.07, 6.45) is 2.08. The van der Waals surface area contributed by atoms with Gasteiger partial charge in [-0.1, -0.05) is 11.6 Å². The van der Waals surface area contributed by atoms with Crippen molar-refractivity contribution >= 4 is 45.3 Å². The maximum absolute atomic E-state index is 12.4. The Bertz CT molecular complexity index is 692. The standard InChI is InChI=1S/C15H21ClN2O5S2/c1-18(2)14(19)10-23-15(20)13(8-9-24-3)17-25(21,22)12-6-4-11(16)5-7-12/h4-7,13,17H,8-10H2,1-3H3/t13-/m0/s1. The van der Waals surface area contributed by atoms with Crippen LogP contribution in [0.15, 0.2) is 29.2 Å². The van der Waals surface area contributed by atoms with Crippen LogP contribution in [0.25, 0.3) is 0 Å². The van der Waals surface area contributed by atoms with E-state index in [0.29, 0.717) is 10.8 Å². The number of benzene rings is 1. The summed E-state index contributed by atoms with van der Waals surface area (Å²) in [5.41, 5.74) is 0. The van der Waals surface area contributed by atoms with Gasteiger partial charge in [-0.15, -0.1) is 0 Å². The lowest BCUT2D eigenvalue weighted by Gasteiger charge is -2.18. The second kappa shape index (κ2) is 10.0. The van der Waals surface area contributed by atoms with E-state index in [1.807, 2.05) is 6.26 Å². The molecule has 7 nitrogen and oxygen atoms in total. The first-order valence-electron chi connectivity index (χ1n) is 7.31. The fourth-order valence-corrected chi connectivity index (χ4v) is 3.51. The predicted molar refractivity (Wildman–Crippen MR) is 98.2 cm³/mol. The van der Waals surface area contributed by atoms with Crippen molar-refractivity contribution in [2.45, 2.75) is 17.4 Å². The first-order chi connectivity index (χ1) is 11.7. The first-order valence-corrected chi connectivity index (χ1v) is 10.6. The zero-order valence-electron chi connectivity index (χ0n) is 14.2. The SMILES string of the molecule is CSCC[C@H](NS(=O)(=O)c1ccc(Cl)cc1)C(=O)OCC(=O)N(C)C. The molecule has 0 aliphatic carbocycles. The van der Waals surface area contributed by atoms with Crippen molar-refractivity contribution in [2.24, 2.45) is 0 Å². The minimum Gasteiger partial charge on any atom is -0.454 e. The maximum atomic E-state index is 12.4. The van der Waals surface area contributed by atoms with Crippen LogP contribution in [0.3, 0.4) is 0 Å². The van der Waals surface area contributed by atoms with E-state index in [-0.39, 0.29) is 11.3 Å². The highest BCUT2D eigenvalue weighted by atomic mass is 35.5. The number of rotatable bonds is 9. The number of sulfonamides is 1. The molecule has 0 saturated heterocycles. The molecule has 0 bridgehead atoms. The van der Waals surface area contributed by atoms with Crippen LogP contribution in [-0.4, -0.2) is 63.9 Å². The summed E-state index contributed by atoms with van der Waals surface area (Å²) in [5.74, 6) is -0.635. The quantitative estimate of drug-likeness (QED) is 0.620. The molecule has 140 valence electrons. The molecule has 0 aromatic heterocycles. The van der Waals surface area contributed by atoms with Crippen molar-refractivity contribution in [3.8, 4) is 0 Å². The van der Waals surface area contributed by atoms with Crippen LogP contribution in [0, 0.1) is 0 Å². The van der Waals surface area contributed by atoms with Gasteiger partial charge in [0.2, 0.25) is 10.0 Å². The summed E-state index contributed by atoms with van der Waals surface area (Å²) in [6.45, 7) is -0.440. The van der Waals surface area contributed by atoms with Gasteiger partial charge in [0.1, 0.15) is 6.04 Å². The Hall–Kier alpha value is -1.29. The van der Waals surface area contributed by atoms with E-state index in [1.165, 1.54) is 55.0 Å². The van der Waals surface area contributed by atoms with Crippen molar-refractivity contribution < 1.29 is 22.7 Å². The van der Waals surface area contributed by atoms with Gasteiger partial charge in [0, 0.05) is 19.1 Å². The van der Waals surface area contributed by atoms with Gasteiger partial charge in [0.15, 0.2) is 6.61 Å². The molecule has 0 aliphatic rings. The highest BCUT2D eigenvalue weighted by Crippen LogP contribution is 2.15. The Labute approximate surface area is 157 Å². The molecule has 0 saturated carbocycles. The van der Waals surface area contributed by atoms with E-state index >= 15 is 0 Å². The fourth-order valence-electron chi connectivity index (χ4n) is 1.69. The van der Waals surface area contributed by atoms with Crippen molar-refractivity contribution in [1.82, 2.24) is 9.62 Å². The van der Waals surface area contributed by atoms with Gasteiger partial charge in [0.25, 0.3) is 5.91 Å². The van der Waals surface area contributed by atoms with Gasteiger partial charge in [0.05, 0.1) is 4.90 Å². The van der Waals surface area contributed by atoms with E-state index < -0.39 is 34.5 Å². The zero-order valence-corrected chi connectivity index (χ0v) is 16.6. The number of esters is 1. The number of amides is 1. The number of nitrogens with zero attached hydrogens (tertiary/aromatic N) is 1. The Morgan fingerprint density at radius 1 is 1.28 bits per heavy atom. The molecular weight excluding hydrogens is 388 g/mol. The number of likely N-dealkylation sites (N-methyl/N-ethyl adjacent to an activating group) is 1. The molecular formula is C15H21ClN2O5S2. The van der Waals surface area contributed by atoms with Gasteiger partial charge in [-0.25, -0.2) is 8.42 Å². The van der Waals surface area contributed by atoms with Crippen LogP contribution in [-0.2, 0) is 24.3 Å².